The van der Waals surface area contributed by atoms with Crippen molar-refractivity contribution < 1.29 is 4.79 Å². The molecule has 1 amide bonds. The first-order valence-corrected chi connectivity index (χ1v) is 11.2. The lowest BCUT2D eigenvalue weighted by Crippen LogP contribution is -2.37. The monoisotopic (exact) mass is 443 g/mol. The van der Waals surface area contributed by atoms with E-state index in [1.165, 1.54) is 16.8 Å². The van der Waals surface area contributed by atoms with Gasteiger partial charge in [0.1, 0.15) is 0 Å². The average Bonchev–Trinajstić information content (AvgIpc) is 3.38. The van der Waals surface area contributed by atoms with E-state index in [1.54, 1.807) is 7.05 Å². The van der Waals surface area contributed by atoms with Crippen molar-refractivity contribution in [3.8, 4) is 11.1 Å². The number of carbonyl (C=O) groups is 1. The number of amides is 1. The zero-order chi connectivity index (χ0) is 22.9. The number of benzene rings is 2. The lowest BCUT2D eigenvalue weighted by Gasteiger charge is -2.21. The van der Waals surface area contributed by atoms with Gasteiger partial charge in [0.15, 0.2) is 0 Å². The summed E-state index contributed by atoms with van der Waals surface area (Å²) in [5.41, 5.74) is 15.6. The summed E-state index contributed by atoms with van der Waals surface area (Å²) in [6.45, 7) is 2.96. The van der Waals surface area contributed by atoms with Gasteiger partial charge in [-0.15, -0.1) is 5.53 Å². The molecule has 0 bridgehead atoms. The van der Waals surface area contributed by atoms with Crippen molar-refractivity contribution in [2.24, 2.45) is 7.05 Å². The predicted octanol–water partition coefficient (Wildman–Crippen LogP) is 2.95. The second kappa shape index (κ2) is 8.63. The van der Waals surface area contributed by atoms with Crippen molar-refractivity contribution in [3.05, 3.63) is 77.2 Å². The van der Waals surface area contributed by atoms with Crippen LogP contribution in [0.15, 0.2) is 60.6 Å². The molecule has 0 saturated carbocycles. The largest absolute Gasteiger partial charge is 0.378 e. The lowest BCUT2D eigenvalue weighted by atomic mass is 9.93. The van der Waals surface area contributed by atoms with Crippen LogP contribution in [0.1, 0.15) is 36.1 Å². The number of likely N-dealkylation sites (N-methyl/N-ethyl adjacent to an activating group) is 1. The van der Waals surface area contributed by atoms with Crippen molar-refractivity contribution in [3.63, 3.8) is 0 Å². The van der Waals surface area contributed by atoms with E-state index in [0.717, 1.165) is 41.0 Å². The topological polar surface area (TPSA) is 86.2 Å². The van der Waals surface area contributed by atoms with E-state index in [4.69, 9.17) is 0 Å². The second-order valence-electron chi connectivity index (χ2n) is 8.60. The highest BCUT2D eigenvalue weighted by Gasteiger charge is 2.30. The van der Waals surface area contributed by atoms with E-state index in [2.05, 4.69) is 69.0 Å². The summed E-state index contributed by atoms with van der Waals surface area (Å²) in [5, 5.41) is 12.9. The maximum Gasteiger partial charge on any atom is 0.224 e. The highest BCUT2D eigenvalue weighted by molar-refractivity contribution is 5.78. The molecule has 0 radical (unpaired) electrons. The van der Waals surface area contributed by atoms with Gasteiger partial charge in [0.2, 0.25) is 5.91 Å². The van der Waals surface area contributed by atoms with Gasteiger partial charge >= 0.3 is 0 Å². The maximum absolute atomic E-state index is 11.7. The van der Waals surface area contributed by atoms with Crippen molar-refractivity contribution in [2.45, 2.75) is 25.8 Å². The molecule has 0 saturated heterocycles. The van der Waals surface area contributed by atoms with Crippen LogP contribution in [0, 0.1) is 0 Å². The van der Waals surface area contributed by atoms with E-state index in [0.29, 0.717) is 6.42 Å². The SMILES string of the molecule is CNC(=O)Cc1ccc(NC2CCN3NNC(C)=C3c3ccc(-c4cnn(C)c4)cc32)cc1. The maximum atomic E-state index is 11.7. The number of nitrogens with zero attached hydrogens (tertiary/aromatic N) is 3. The van der Waals surface area contributed by atoms with Crippen LogP contribution in [0.25, 0.3) is 16.8 Å². The Balaban J connectivity index is 1.50. The average molecular weight is 444 g/mol. The number of nitrogens with one attached hydrogen (secondary N) is 4. The minimum absolute atomic E-state index is 0.0154. The standard InChI is InChI=1S/C25H29N7O/c1-16-25-21-9-6-18(19-14-27-31(3)15-19)13-22(21)23(10-11-32(25)30-29-16)28-20-7-4-17(5-8-20)12-24(33)26-2/h4-9,13-15,23,28-30H,10-12H2,1-3H3,(H,26,33). The Morgan fingerprint density at radius 2 is 2.00 bits per heavy atom. The minimum Gasteiger partial charge on any atom is -0.378 e. The van der Waals surface area contributed by atoms with Crippen LogP contribution in [0.5, 0.6) is 0 Å². The van der Waals surface area contributed by atoms with Crippen LogP contribution < -0.4 is 21.6 Å². The number of rotatable bonds is 5. The van der Waals surface area contributed by atoms with Gasteiger partial charge < -0.3 is 16.1 Å². The normalized spacial score (nSPS) is 17.2. The summed E-state index contributed by atoms with van der Waals surface area (Å²) < 4.78 is 1.83. The first kappa shape index (κ1) is 21.1. The molecule has 0 fully saturated rings. The Labute approximate surface area is 193 Å². The Kier molecular flexibility index (Phi) is 5.51. The molecule has 3 heterocycles. The number of fused-ring (bicyclic) bond motifs is 3. The molecule has 8 heteroatoms. The molecule has 1 unspecified atom stereocenters. The fourth-order valence-corrected chi connectivity index (χ4v) is 4.56. The third-order valence-corrected chi connectivity index (χ3v) is 6.30. The van der Waals surface area contributed by atoms with Gasteiger partial charge in [-0.05, 0) is 48.2 Å². The van der Waals surface area contributed by atoms with E-state index in [9.17, 15) is 4.79 Å². The smallest absolute Gasteiger partial charge is 0.224 e. The zero-order valence-corrected chi connectivity index (χ0v) is 19.1. The molecule has 5 rings (SSSR count). The molecule has 1 atom stereocenters. The lowest BCUT2D eigenvalue weighted by molar-refractivity contribution is -0.119. The molecule has 0 aliphatic carbocycles. The number of hydrogen-bond donors (Lipinski definition) is 4. The minimum atomic E-state index is 0.0154. The highest BCUT2D eigenvalue weighted by Crippen LogP contribution is 2.39. The molecular formula is C25H29N7O. The number of carbonyl (C=O) groups excluding carboxylic acids is 1. The van der Waals surface area contributed by atoms with E-state index < -0.39 is 0 Å². The van der Waals surface area contributed by atoms with Gasteiger partial charge in [0.25, 0.3) is 0 Å². The van der Waals surface area contributed by atoms with Gasteiger partial charge in [-0.3, -0.25) is 14.5 Å². The molecule has 170 valence electrons. The first-order chi connectivity index (χ1) is 16.0. The molecule has 2 aromatic carbocycles. The fourth-order valence-electron chi connectivity index (χ4n) is 4.56. The van der Waals surface area contributed by atoms with Gasteiger partial charge in [-0.1, -0.05) is 24.3 Å². The van der Waals surface area contributed by atoms with Crippen LogP contribution in [0.4, 0.5) is 5.69 Å². The van der Waals surface area contributed by atoms with E-state index in [1.807, 2.05) is 36.3 Å². The number of aryl methyl sites for hydroxylation is 1. The van der Waals surface area contributed by atoms with Crippen molar-refractivity contribution in [2.75, 3.05) is 18.9 Å². The predicted molar refractivity (Wildman–Crippen MR) is 129 cm³/mol. The number of hydrazine groups is 2. The van der Waals surface area contributed by atoms with E-state index >= 15 is 0 Å². The van der Waals surface area contributed by atoms with E-state index in [-0.39, 0.29) is 11.9 Å². The Morgan fingerprint density at radius 1 is 1.18 bits per heavy atom. The summed E-state index contributed by atoms with van der Waals surface area (Å²) in [7, 11) is 3.60. The van der Waals surface area contributed by atoms with Crippen LogP contribution in [0.2, 0.25) is 0 Å². The summed E-state index contributed by atoms with van der Waals surface area (Å²) in [4.78, 5) is 11.7. The molecule has 3 aromatic rings. The summed E-state index contributed by atoms with van der Waals surface area (Å²) in [5.74, 6) is 0.0154. The second-order valence-corrected chi connectivity index (χ2v) is 8.60. The number of aromatic nitrogens is 2. The molecular weight excluding hydrogens is 414 g/mol. The first-order valence-electron chi connectivity index (χ1n) is 11.2. The molecule has 1 aromatic heterocycles. The van der Waals surface area contributed by atoms with Gasteiger partial charge in [-0.2, -0.15) is 5.10 Å². The van der Waals surface area contributed by atoms with Crippen LogP contribution in [-0.4, -0.2) is 34.3 Å². The Bertz CT molecular complexity index is 1210. The number of hydrogen-bond acceptors (Lipinski definition) is 6. The zero-order valence-electron chi connectivity index (χ0n) is 19.1. The number of allylic oxidation sites excluding steroid dienone is 1. The summed E-state index contributed by atoms with van der Waals surface area (Å²) >= 11 is 0. The third kappa shape index (κ3) is 4.17. The third-order valence-electron chi connectivity index (χ3n) is 6.30. The Hall–Kier alpha value is -3.78. The number of anilines is 1. The highest BCUT2D eigenvalue weighted by atomic mass is 16.1. The van der Waals surface area contributed by atoms with Crippen LogP contribution >= 0.6 is 0 Å². The molecule has 4 N–H and O–H groups in total. The van der Waals surface area contributed by atoms with Gasteiger partial charge in [0.05, 0.1) is 30.1 Å². The molecule has 2 aliphatic heterocycles. The summed E-state index contributed by atoms with van der Waals surface area (Å²) in [6, 6.07) is 14.9. The Morgan fingerprint density at radius 3 is 2.73 bits per heavy atom. The quantitative estimate of drug-likeness (QED) is 0.485. The summed E-state index contributed by atoms with van der Waals surface area (Å²) in [6.07, 6.45) is 5.26. The molecule has 8 nitrogen and oxygen atoms in total. The fraction of sp³-hybridized carbons (Fsp3) is 0.280. The van der Waals surface area contributed by atoms with Crippen LogP contribution in [0.3, 0.4) is 0 Å². The molecule has 2 aliphatic rings. The van der Waals surface area contributed by atoms with Crippen molar-refractivity contribution >= 4 is 17.3 Å². The molecule has 33 heavy (non-hydrogen) atoms. The van der Waals surface area contributed by atoms with Gasteiger partial charge in [-0.25, -0.2) is 0 Å². The van der Waals surface area contributed by atoms with Gasteiger partial charge in [0, 0.05) is 43.7 Å². The molecule has 0 spiro atoms. The van der Waals surface area contributed by atoms with Crippen LogP contribution in [-0.2, 0) is 18.3 Å². The van der Waals surface area contributed by atoms with Crippen molar-refractivity contribution in [1.29, 1.82) is 0 Å². The van der Waals surface area contributed by atoms with Crippen molar-refractivity contribution in [1.82, 2.24) is 31.1 Å².